The van der Waals surface area contributed by atoms with Crippen LogP contribution in [0, 0.1) is 0 Å². The van der Waals surface area contributed by atoms with Crippen molar-refractivity contribution in [3.05, 3.63) is 64.7 Å². The van der Waals surface area contributed by atoms with Crippen LogP contribution in [0.25, 0.3) is 0 Å². The minimum Gasteiger partial charge on any atom is -0.481 e. The van der Waals surface area contributed by atoms with Gasteiger partial charge in [0.25, 0.3) is 0 Å². The van der Waals surface area contributed by atoms with Gasteiger partial charge in [-0.3, -0.25) is 4.79 Å². The predicted octanol–water partition coefficient (Wildman–Crippen LogP) is 3.58. The molecule has 0 radical (unpaired) electrons. The first-order valence-corrected chi connectivity index (χ1v) is 6.31. The first-order valence-electron chi connectivity index (χ1n) is 5.93. The topological polar surface area (TPSA) is 49.3 Å². The summed E-state index contributed by atoms with van der Waals surface area (Å²) in [6, 6.07) is 14.9. The highest BCUT2D eigenvalue weighted by Crippen LogP contribution is 2.16. The minimum absolute atomic E-state index is 0.0401. The number of aliphatic carboxylic acids is 1. The fourth-order valence-electron chi connectivity index (χ4n) is 1.83. The molecule has 0 aromatic heterocycles. The largest absolute Gasteiger partial charge is 0.481 e. The number of hydrogen-bond acceptors (Lipinski definition) is 2. The van der Waals surface area contributed by atoms with Crippen LogP contribution in [0.1, 0.15) is 11.1 Å². The molecule has 19 heavy (non-hydrogen) atoms. The third-order valence-corrected chi connectivity index (χ3v) is 3.04. The third kappa shape index (κ3) is 4.00. The highest BCUT2D eigenvalue weighted by Gasteiger charge is 2.05. The molecule has 0 unspecified atom stereocenters. The van der Waals surface area contributed by atoms with Crippen LogP contribution in [0.15, 0.2) is 48.5 Å². The second-order valence-corrected chi connectivity index (χ2v) is 4.64. The standard InChI is InChI=1S/C15H14ClNO2/c16-13-5-7-14(8-6-13)17-10-12-4-2-1-3-11(12)9-15(18)19/h1-8,17H,9-10H2,(H,18,19). The van der Waals surface area contributed by atoms with E-state index < -0.39 is 5.97 Å². The van der Waals surface area contributed by atoms with Crippen LogP contribution in [0.5, 0.6) is 0 Å². The van der Waals surface area contributed by atoms with E-state index in [4.69, 9.17) is 16.7 Å². The summed E-state index contributed by atoms with van der Waals surface area (Å²) in [6.45, 7) is 0.588. The average molecular weight is 276 g/mol. The lowest BCUT2D eigenvalue weighted by Crippen LogP contribution is -2.07. The Hall–Kier alpha value is -2.00. The van der Waals surface area contributed by atoms with E-state index in [9.17, 15) is 4.79 Å². The van der Waals surface area contributed by atoms with Crippen LogP contribution >= 0.6 is 11.6 Å². The second kappa shape index (κ2) is 6.25. The van der Waals surface area contributed by atoms with Crippen molar-refractivity contribution in [2.75, 3.05) is 5.32 Å². The molecule has 0 aliphatic rings. The van der Waals surface area contributed by atoms with Gasteiger partial charge in [0.15, 0.2) is 0 Å². The van der Waals surface area contributed by atoms with Gasteiger partial charge in [0.2, 0.25) is 0 Å². The number of carboxylic acids is 1. The molecule has 0 saturated heterocycles. The summed E-state index contributed by atoms with van der Waals surface area (Å²) < 4.78 is 0. The van der Waals surface area contributed by atoms with Gasteiger partial charge in [-0.15, -0.1) is 0 Å². The molecule has 0 fully saturated rings. The number of halogens is 1. The maximum absolute atomic E-state index is 10.8. The number of anilines is 1. The molecule has 2 aromatic rings. The summed E-state index contributed by atoms with van der Waals surface area (Å²) in [7, 11) is 0. The lowest BCUT2D eigenvalue weighted by Gasteiger charge is -2.10. The zero-order valence-electron chi connectivity index (χ0n) is 10.3. The van der Waals surface area contributed by atoms with Crippen LogP contribution in [0.2, 0.25) is 5.02 Å². The van der Waals surface area contributed by atoms with Crippen molar-refractivity contribution in [2.45, 2.75) is 13.0 Å². The molecule has 2 N–H and O–H groups in total. The van der Waals surface area contributed by atoms with Gasteiger partial charge in [-0.05, 0) is 35.4 Å². The predicted molar refractivity (Wildman–Crippen MR) is 76.6 cm³/mol. The molecule has 0 aliphatic carbocycles. The lowest BCUT2D eigenvalue weighted by atomic mass is 10.0. The Balaban J connectivity index is 2.06. The Morgan fingerprint density at radius 3 is 2.32 bits per heavy atom. The Labute approximate surface area is 116 Å². The van der Waals surface area contributed by atoms with Crippen LogP contribution in [0.4, 0.5) is 5.69 Å². The molecule has 98 valence electrons. The van der Waals surface area contributed by atoms with Crippen molar-refractivity contribution in [3.8, 4) is 0 Å². The Morgan fingerprint density at radius 2 is 1.68 bits per heavy atom. The fraction of sp³-hybridized carbons (Fsp3) is 0.133. The molecule has 0 aliphatic heterocycles. The zero-order chi connectivity index (χ0) is 13.7. The van der Waals surface area contributed by atoms with Gasteiger partial charge >= 0.3 is 5.97 Å². The number of carboxylic acid groups (broad SMARTS) is 1. The van der Waals surface area contributed by atoms with E-state index in [-0.39, 0.29) is 6.42 Å². The van der Waals surface area contributed by atoms with Crippen molar-refractivity contribution >= 4 is 23.3 Å². The van der Waals surface area contributed by atoms with Crippen molar-refractivity contribution < 1.29 is 9.90 Å². The number of benzene rings is 2. The van der Waals surface area contributed by atoms with E-state index in [2.05, 4.69) is 5.32 Å². The van der Waals surface area contributed by atoms with E-state index >= 15 is 0 Å². The summed E-state index contributed by atoms with van der Waals surface area (Å²) in [5.74, 6) is -0.820. The molecule has 0 spiro atoms. The van der Waals surface area contributed by atoms with Gasteiger partial charge in [-0.1, -0.05) is 35.9 Å². The quantitative estimate of drug-likeness (QED) is 0.877. The first-order chi connectivity index (χ1) is 9.15. The van der Waals surface area contributed by atoms with E-state index in [1.54, 1.807) is 0 Å². The van der Waals surface area contributed by atoms with Gasteiger partial charge in [-0.2, -0.15) is 0 Å². The molecule has 0 heterocycles. The van der Waals surface area contributed by atoms with Crippen LogP contribution in [-0.2, 0) is 17.8 Å². The summed E-state index contributed by atoms with van der Waals surface area (Å²) >= 11 is 5.82. The minimum atomic E-state index is -0.820. The molecule has 2 aromatic carbocycles. The zero-order valence-corrected chi connectivity index (χ0v) is 11.0. The van der Waals surface area contributed by atoms with E-state index in [0.29, 0.717) is 11.6 Å². The van der Waals surface area contributed by atoms with Gasteiger partial charge < -0.3 is 10.4 Å². The van der Waals surface area contributed by atoms with Crippen molar-refractivity contribution in [1.82, 2.24) is 0 Å². The summed E-state index contributed by atoms with van der Waals surface area (Å²) in [4.78, 5) is 10.8. The number of rotatable bonds is 5. The second-order valence-electron chi connectivity index (χ2n) is 4.20. The molecule has 3 nitrogen and oxygen atoms in total. The SMILES string of the molecule is O=C(O)Cc1ccccc1CNc1ccc(Cl)cc1. The van der Waals surface area contributed by atoms with E-state index in [1.807, 2.05) is 48.5 Å². The maximum Gasteiger partial charge on any atom is 0.307 e. The lowest BCUT2D eigenvalue weighted by molar-refractivity contribution is -0.136. The van der Waals surface area contributed by atoms with Crippen LogP contribution in [0.3, 0.4) is 0 Å². The molecule has 0 bridgehead atoms. The first kappa shape index (κ1) is 13.4. The summed E-state index contributed by atoms with van der Waals surface area (Å²) in [6.07, 6.45) is 0.0401. The Morgan fingerprint density at radius 1 is 1.05 bits per heavy atom. The van der Waals surface area contributed by atoms with Crippen LogP contribution < -0.4 is 5.32 Å². The Bertz CT molecular complexity index is 567. The van der Waals surface area contributed by atoms with E-state index in [0.717, 1.165) is 16.8 Å². The normalized spacial score (nSPS) is 10.2. The average Bonchev–Trinajstić information content (AvgIpc) is 2.39. The van der Waals surface area contributed by atoms with Gasteiger partial charge in [0.05, 0.1) is 6.42 Å². The van der Waals surface area contributed by atoms with Crippen molar-refractivity contribution in [2.24, 2.45) is 0 Å². The van der Waals surface area contributed by atoms with Gasteiger partial charge in [-0.25, -0.2) is 0 Å². The molecule has 2 rings (SSSR count). The molecule has 4 heteroatoms. The van der Waals surface area contributed by atoms with Gasteiger partial charge in [0.1, 0.15) is 0 Å². The van der Waals surface area contributed by atoms with Crippen molar-refractivity contribution in [1.29, 1.82) is 0 Å². The smallest absolute Gasteiger partial charge is 0.307 e. The van der Waals surface area contributed by atoms with E-state index in [1.165, 1.54) is 0 Å². The molecular weight excluding hydrogens is 262 g/mol. The van der Waals surface area contributed by atoms with Crippen LogP contribution in [-0.4, -0.2) is 11.1 Å². The molecular formula is C15H14ClNO2. The Kier molecular flexibility index (Phi) is 4.42. The highest BCUT2D eigenvalue weighted by atomic mass is 35.5. The number of carbonyl (C=O) groups is 1. The summed E-state index contributed by atoms with van der Waals surface area (Å²) in [5, 5.41) is 12.8. The van der Waals surface area contributed by atoms with Crippen molar-refractivity contribution in [3.63, 3.8) is 0 Å². The monoisotopic (exact) mass is 275 g/mol. The summed E-state index contributed by atoms with van der Waals surface area (Å²) in [5.41, 5.74) is 2.77. The maximum atomic E-state index is 10.8. The molecule has 0 amide bonds. The molecule has 0 saturated carbocycles. The number of hydrogen-bond donors (Lipinski definition) is 2. The fourth-order valence-corrected chi connectivity index (χ4v) is 1.96. The molecule has 0 atom stereocenters. The van der Waals surface area contributed by atoms with Gasteiger partial charge in [0, 0.05) is 17.3 Å². The number of nitrogens with one attached hydrogen (secondary N) is 1. The highest BCUT2D eigenvalue weighted by molar-refractivity contribution is 6.30. The third-order valence-electron chi connectivity index (χ3n) is 2.79.